The highest BCUT2D eigenvalue weighted by atomic mass is 16.4. The van der Waals surface area contributed by atoms with E-state index in [2.05, 4.69) is 20.8 Å². The fourth-order valence-electron chi connectivity index (χ4n) is 8.72. The number of fused-ring (bicyclic) bond motifs is 5. The number of hydrogen-bond donors (Lipinski definition) is 2. The minimum Gasteiger partial charge on any atom is -0.550 e. The summed E-state index contributed by atoms with van der Waals surface area (Å²) < 4.78 is 0. The molecular weight excluding hydrogens is 352 g/mol. The van der Waals surface area contributed by atoms with Crippen molar-refractivity contribution >= 4 is 5.97 Å². The van der Waals surface area contributed by atoms with Gasteiger partial charge in [-0.3, -0.25) is 0 Å². The summed E-state index contributed by atoms with van der Waals surface area (Å²) in [6, 6.07) is 0. The zero-order chi connectivity index (χ0) is 20.3. The summed E-state index contributed by atoms with van der Waals surface area (Å²) in [5.74, 6) is 1.99. The summed E-state index contributed by atoms with van der Waals surface area (Å²) in [5, 5.41) is 32.4. The van der Waals surface area contributed by atoms with Crippen molar-refractivity contribution in [3.05, 3.63) is 0 Å². The predicted molar refractivity (Wildman–Crippen MR) is 106 cm³/mol. The Morgan fingerprint density at radius 3 is 2.43 bits per heavy atom. The van der Waals surface area contributed by atoms with Crippen LogP contribution in [0.4, 0.5) is 0 Å². The van der Waals surface area contributed by atoms with E-state index >= 15 is 0 Å². The molecular formula is C24H39O4-. The molecule has 0 aliphatic heterocycles. The van der Waals surface area contributed by atoms with Crippen molar-refractivity contribution < 1.29 is 20.1 Å². The fraction of sp³-hybridized carbons (Fsp3) is 0.958. The van der Waals surface area contributed by atoms with E-state index in [1.165, 1.54) is 25.7 Å². The summed E-state index contributed by atoms with van der Waals surface area (Å²) >= 11 is 0. The Balaban J connectivity index is 1.55. The van der Waals surface area contributed by atoms with E-state index in [1.54, 1.807) is 0 Å². The lowest BCUT2D eigenvalue weighted by Crippen LogP contribution is -2.58. The topological polar surface area (TPSA) is 80.6 Å². The Morgan fingerprint density at radius 2 is 1.71 bits per heavy atom. The van der Waals surface area contributed by atoms with Gasteiger partial charge in [-0.05, 0) is 111 Å². The Labute approximate surface area is 170 Å². The van der Waals surface area contributed by atoms with Gasteiger partial charge < -0.3 is 20.1 Å². The first-order chi connectivity index (χ1) is 13.2. The van der Waals surface area contributed by atoms with Gasteiger partial charge in [-0.1, -0.05) is 20.8 Å². The molecule has 4 nitrogen and oxygen atoms in total. The van der Waals surface area contributed by atoms with Crippen LogP contribution < -0.4 is 5.11 Å². The summed E-state index contributed by atoms with van der Waals surface area (Å²) in [6.07, 6.45) is 8.91. The van der Waals surface area contributed by atoms with Crippen molar-refractivity contribution in [2.45, 2.75) is 97.2 Å². The summed E-state index contributed by atoms with van der Waals surface area (Å²) in [5.41, 5.74) is 0.494. The number of carboxylic acids is 1. The van der Waals surface area contributed by atoms with Crippen LogP contribution >= 0.6 is 0 Å². The molecule has 0 aromatic carbocycles. The van der Waals surface area contributed by atoms with Crippen LogP contribution in [0.5, 0.6) is 0 Å². The molecule has 0 aromatic heterocycles. The van der Waals surface area contributed by atoms with Gasteiger partial charge in [0.2, 0.25) is 0 Å². The highest BCUT2D eigenvalue weighted by Crippen LogP contribution is 2.68. The Kier molecular flexibility index (Phi) is 5.36. The molecule has 0 radical (unpaired) electrons. The molecule has 28 heavy (non-hydrogen) atoms. The lowest BCUT2D eigenvalue weighted by molar-refractivity contribution is -0.306. The minimum atomic E-state index is -0.934. The molecule has 4 aliphatic rings. The monoisotopic (exact) mass is 391 g/mol. The highest BCUT2D eigenvalue weighted by Gasteiger charge is 2.62. The van der Waals surface area contributed by atoms with Crippen LogP contribution in [0.15, 0.2) is 0 Å². The third-order valence-corrected chi connectivity index (χ3v) is 10.2. The zero-order valence-corrected chi connectivity index (χ0v) is 17.9. The highest BCUT2D eigenvalue weighted by molar-refractivity contribution is 5.64. The second-order valence-electron chi connectivity index (χ2n) is 11.3. The van der Waals surface area contributed by atoms with Gasteiger partial charge in [0, 0.05) is 5.97 Å². The normalized spacial score (nSPS) is 51.7. The number of carbonyl (C=O) groups excluding carboxylic acids is 1. The molecule has 160 valence electrons. The summed E-state index contributed by atoms with van der Waals surface area (Å²) in [4.78, 5) is 10.9. The van der Waals surface area contributed by atoms with E-state index in [9.17, 15) is 20.1 Å². The average molecular weight is 392 g/mol. The molecule has 0 spiro atoms. The van der Waals surface area contributed by atoms with Crippen molar-refractivity contribution in [3.63, 3.8) is 0 Å². The van der Waals surface area contributed by atoms with Gasteiger partial charge in [0.1, 0.15) is 0 Å². The maximum absolute atomic E-state index is 11.2. The van der Waals surface area contributed by atoms with Crippen molar-refractivity contribution in [1.29, 1.82) is 0 Å². The number of hydrogen-bond acceptors (Lipinski definition) is 4. The molecule has 4 fully saturated rings. The number of carboxylic acid groups (broad SMARTS) is 1. The number of aliphatic hydroxyl groups excluding tert-OH is 2. The summed E-state index contributed by atoms with van der Waals surface area (Å²) in [6.45, 7) is 7.11. The predicted octanol–water partition coefficient (Wildman–Crippen LogP) is 3.14. The molecule has 4 heteroatoms. The average Bonchev–Trinajstić information content (AvgIpc) is 2.98. The van der Waals surface area contributed by atoms with E-state index < -0.39 is 5.97 Å². The van der Waals surface area contributed by atoms with Crippen LogP contribution in [0.2, 0.25) is 0 Å². The number of aliphatic carboxylic acids is 1. The van der Waals surface area contributed by atoms with Crippen LogP contribution in [0.25, 0.3) is 0 Å². The van der Waals surface area contributed by atoms with Gasteiger partial charge in [-0.2, -0.15) is 0 Å². The largest absolute Gasteiger partial charge is 0.550 e. The van der Waals surface area contributed by atoms with Crippen LogP contribution in [0.3, 0.4) is 0 Å². The van der Waals surface area contributed by atoms with E-state index in [-0.39, 0.29) is 29.5 Å². The van der Waals surface area contributed by atoms with E-state index in [1.807, 2.05) is 0 Å². The molecule has 4 aliphatic carbocycles. The summed E-state index contributed by atoms with van der Waals surface area (Å²) in [7, 11) is 0. The van der Waals surface area contributed by atoms with Gasteiger partial charge in [0.05, 0.1) is 12.2 Å². The van der Waals surface area contributed by atoms with Gasteiger partial charge in [-0.15, -0.1) is 0 Å². The number of rotatable bonds is 4. The minimum absolute atomic E-state index is 0.162. The quantitative estimate of drug-likeness (QED) is 0.771. The van der Waals surface area contributed by atoms with Crippen molar-refractivity contribution in [3.8, 4) is 0 Å². The molecule has 4 rings (SSSR count). The number of aliphatic hydroxyl groups is 2. The van der Waals surface area contributed by atoms with E-state index in [0.29, 0.717) is 41.9 Å². The smallest absolute Gasteiger partial charge is 0.0577 e. The van der Waals surface area contributed by atoms with Gasteiger partial charge in [0.25, 0.3) is 0 Å². The molecule has 0 saturated heterocycles. The maximum atomic E-state index is 11.2. The first-order valence-electron chi connectivity index (χ1n) is 11.7. The van der Waals surface area contributed by atoms with Crippen molar-refractivity contribution in [2.24, 2.45) is 46.3 Å². The van der Waals surface area contributed by atoms with Crippen molar-refractivity contribution in [2.75, 3.05) is 0 Å². The zero-order valence-electron chi connectivity index (χ0n) is 17.9. The standard InChI is InChI=1S/C24H40O4/c1-14(4-7-21(27)28)17-5-6-18-22-19(9-11-24(17,18)3)23(2)10-8-16(25)12-15(23)13-20(22)26/h14-20,22,25-26H,4-13H2,1-3H3,(H,27,28)/p-1/t14-,15+,16+,17-,18+,19+,20+,22+,23+,24-/m1/s1. The maximum Gasteiger partial charge on any atom is 0.0577 e. The number of carbonyl (C=O) groups is 1. The molecule has 10 atom stereocenters. The van der Waals surface area contributed by atoms with Crippen LogP contribution in [-0.2, 0) is 4.79 Å². The van der Waals surface area contributed by atoms with Gasteiger partial charge in [-0.25, -0.2) is 0 Å². The molecule has 0 aromatic rings. The van der Waals surface area contributed by atoms with Crippen molar-refractivity contribution in [1.82, 2.24) is 0 Å². The van der Waals surface area contributed by atoms with E-state index in [4.69, 9.17) is 0 Å². The Morgan fingerprint density at radius 1 is 1.04 bits per heavy atom. The van der Waals surface area contributed by atoms with Gasteiger partial charge >= 0.3 is 0 Å². The second kappa shape index (κ2) is 7.27. The van der Waals surface area contributed by atoms with Gasteiger partial charge in [0.15, 0.2) is 0 Å². The third kappa shape index (κ3) is 3.14. The third-order valence-electron chi connectivity index (χ3n) is 10.2. The SMILES string of the molecule is C[C@H](CCC(=O)[O-])[C@H]1CC[C@H]2[C@@H]3[C@@H](O)C[C@@H]4C[C@@H](O)CC[C@]4(C)[C@H]3CC[C@]12C. The molecule has 0 heterocycles. The van der Waals surface area contributed by atoms with Crippen LogP contribution in [0.1, 0.15) is 85.0 Å². The molecule has 2 N–H and O–H groups in total. The Hall–Kier alpha value is -0.610. The molecule has 0 bridgehead atoms. The van der Waals surface area contributed by atoms with Crippen LogP contribution in [0, 0.1) is 46.3 Å². The first-order valence-corrected chi connectivity index (χ1v) is 11.7. The Bertz CT molecular complexity index is 605. The molecule has 0 amide bonds. The first kappa shape index (κ1) is 20.7. The fourth-order valence-corrected chi connectivity index (χ4v) is 8.72. The lowest BCUT2D eigenvalue weighted by atomic mass is 9.43. The van der Waals surface area contributed by atoms with Crippen LogP contribution in [-0.4, -0.2) is 28.4 Å². The molecule has 4 saturated carbocycles. The second-order valence-corrected chi connectivity index (χ2v) is 11.3. The van der Waals surface area contributed by atoms with E-state index in [0.717, 1.165) is 25.7 Å². The molecule has 0 unspecified atom stereocenters. The lowest BCUT2D eigenvalue weighted by Gasteiger charge is -2.62.